The molecule has 0 unspecified atom stereocenters. The van der Waals surface area contributed by atoms with E-state index in [9.17, 15) is 0 Å². The van der Waals surface area contributed by atoms with Crippen LogP contribution in [0.5, 0.6) is 0 Å². The molecule has 0 spiro atoms. The summed E-state index contributed by atoms with van der Waals surface area (Å²) in [7, 11) is 2.11. The average molecular weight is 300 g/mol. The third-order valence-corrected chi connectivity index (χ3v) is 4.61. The first-order chi connectivity index (χ1) is 10.1. The van der Waals surface area contributed by atoms with E-state index in [-0.39, 0.29) is 12.1 Å². The molecule has 0 radical (unpaired) electrons. The van der Waals surface area contributed by atoms with Crippen molar-refractivity contribution in [2.24, 2.45) is 7.05 Å². The zero-order chi connectivity index (χ0) is 15.0. The lowest BCUT2D eigenvalue weighted by molar-refractivity contribution is 0.317. The first-order valence-corrected chi connectivity index (χ1v) is 7.64. The molecule has 1 N–H and O–H groups in total. The fourth-order valence-corrected chi connectivity index (χ4v) is 3.37. The van der Waals surface area contributed by atoms with Gasteiger partial charge in [-0.25, -0.2) is 0 Å². The zero-order valence-corrected chi connectivity index (χ0v) is 13.4. The van der Waals surface area contributed by atoms with Gasteiger partial charge in [0.2, 0.25) is 0 Å². The van der Waals surface area contributed by atoms with E-state index in [1.165, 1.54) is 11.4 Å². The van der Waals surface area contributed by atoms with Crippen LogP contribution in [0.4, 0.5) is 0 Å². The number of rotatable bonds is 3. The van der Waals surface area contributed by atoms with Gasteiger partial charge in [-0.1, -0.05) is 6.07 Å². The molecule has 1 aliphatic heterocycles. The van der Waals surface area contributed by atoms with E-state index in [0.717, 1.165) is 17.4 Å². The fraction of sp³-hybridized carbons (Fsp3) is 0.375. The minimum atomic E-state index is 0.0895. The number of likely N-dealkylation sites (N-methyl/N-ethyl adjacent to an activating group) is 1. The van der Waals surface area contributed by atoms with Crippen LogP contribution in [0.25, 0.3) is 0 Å². The van der Waals surface area contributed by atoms with E-state index in [1.807, 2.05) is 18.3 Å². The lowest BCUT2D eigenvalue weighted by Gasteiger charge is -2.27. The summed E-state index contributed by atoms with van der Waals surface area (Å²) in [5.74, 6) is 0. The van der Waals surface area contributed by atoms with Crippen molar-refractivity contribution >= 4 is 17.3 Å². The summed E-state index contributed by atoms with van der Waals surface area (Å²) >= 11 is 5.52. The van der Waals surface area contributed by atoms with Gasteiger partial charge < -0.3 is 14.8 Å². The van der Waals surface area contributed by atoms with Gasteiger partial charge in [0.15, 0.2) is 5.11 Å². The normalized spacial score (nSPS) is 21.7. The highest BCUT2D eigenvalue weighted by molar-refractivity contribution is 7.80. The van der Waals surface area contributed by atoms with Gasteiger partial charge in [0, 0.05) is 31.2 Å². The molecule has 0 aromatic carbocycles. The van der Waals surface area contributed by atoms with Crippen LogP contribution >= 0.6 is 12.2 Å². The Morgan fingerprint density at radius 3 is 2.67 bits per heavy atom. The summed E-state index contributed by atoms with van der Waals surface area (Å²) in [6.45, 7) is 5.14. The minimum absolute atomic E-state index is 0.0895. The van der Waals surface area contributed by atoms with E-state index in [1.54, 1.807) is 0 Å². The molecule has 0 bridgehead atoms. The van der Waals surface area contributed by atoms with E-state index < -0.39 is 0 Å². The average Bonchev–Trinajstić information content (AvgIpc) is 3.00. The molecule has 1 fully saturated rings. The maximum Gasteiger partial charge on any atom is 0.170 e. The van der Waals surface area contributed by atoms with Crippen LogP contribution in [0, 0.1) is 6.92 Å². The first kappa shape index (κ1) is 14.1. The molecule has 1 aliphatic rings. The van der Waals surface area contributed by atoms with Crippen LogP contribution in [0.3, 0.4) is 0 Å². The summed E-state index contributed by atoms with van der Waals surface area (Å²) < 4.78 is 2.24. The van der Waals surface area contributed by atoms with Crippen molar-refractivity contribution in [1.82, 2.24) is 19.8 Å². The highest BCUT2D eigenvalue weighted by Gasteiger charge is 2.40. The predicted molar refractivity (Wildman–Crippen MR) is 88.0 cm³/mol. The Morgan fingerprint density at radius 1 is 1.29 bits per heavy atom. The third kappa shape index (κ3) is 2.31. The molecule has 0 saturated carbocycles. The number of pyridine rings is 1. The lowest BCUT2D eigenvalue weighted by atomic mass is 10.0. The molecular formula is C16H20N4S. The zero-order valence-electron chi connectivity index (χ0n) is 12.6. The summed E-state index contributed by atoms with van der Waals surface area (Å²) in [5, 5.41) is 4.24. The molecular weight excluding hydrogens is 280 g/mol. The van der Waals surface area contributed by atoms with Gasteiger partial charge in [0.25, 0.3) is 0 Å². The van der Waals surface area contributed by atoms with Crippen molar-refractivity contribution in [3.63, 3.8) is 0 Å². The van der Waals surface area contributed by atoms with Crippen LogP contribution in [-0.4, -0.2) is 26.1 Å². The van der Waals surface area contributed by atoms with Crippen LogP contribution in [-0.2, 0) is 7.05 Å². The molecule has 3 rings (SSSR count). The molecule has 0 amide bonds. The predicted octanol–water partition coefficient (Wildman–Crippen LogP) is 2.72. The Morgan fingerprint density at radius 2 is 2.10 bits per heavy atom. The molecule has 2 atom stereocenters. The van der Waals surface area contributed by atoms with Crippen molar-refractivity contribution in [3.8, 4) is 0 Å². The second-order valence-electron chi connectivity index (χ2n) is 5.37. The highest BCUT2D eigenvalue weighted by Crippen LogP contribution is 2.38. The Bertz CT molecular complexity index is 650. The standard InChI is InChI=1S/C16H20N4S/c1-4-20-15(13-9-8-11(2)19(13)3)14(18-16(20)21)12-7-5-6-10-17-12/h5-10,14-15H,4H2,1-3H3,(H,18,21)/t14-,15+/m1/s1. The van der Waals surface area contributed by atoms with Crippen LogP contribution < -0.4 is 5.32 Å². The van der Waals surface area contributed by atoms with Crippen molar-refractivity contribution in [3.05, 3.63) is 53.6 Å². The van der Waals surface area contributed by atoms with Crippen molar-refractivity contribution in [2.75, 3.05) is 6.54 Å². The van der Waals surface area contributed by atoms with E-state index in [0.29, 0.717) is 0 Å². The Hall–Kier alpha value is -1.88. The van der Waals surface area contributed by atoms with Crippen molar-refractivity contribution in [2.45, 2.75) is 25.9 Å². The molecule has 3 heterocycles. The topological polar surface area (TPSA) is 33.1 Å². The second kappa shape index (κ2) is 5.48. The van der Waals surface area contributed by atoms with Gasteiger partial charge in [-0.05, 0) is 50.3 Å². The Balaban J connectivity index is 2.07. The number of hydrogen-bond acceptors (Lipinski definition) is 2. The smallest absolute Gasteiger partial charge is 0.170 e. The number of nitrogens with zero attached hydrogens (tertiary/aromatic N) is 3. The minimum Gasteiger partial charge on any atom is -0.352 e. The SMILES string of the molecule is CCN1C(=S)N[C@H](c2ccccn2)[C@@H]1c1ccc(C)n1C. The van der Waals surface area contributed by atoms with Crippen LogP contribution in [0.1, 0.15) is 36.1 Å². The molecule has 0 aliphatic carbocycles. The lowest BCUT2D eigenvalue weighted by Crippen LogP contribution is -2.30. The van der Waals surface area contributed by atoms with Gasteiger partial charge in [-0.2, -0.15) is 0 Å². The monoisotopic (exact) mass is 300 g/mol. The van der Waals surface area contributed by atoms with Crippen LogP contribution in [0.2, 0.25) is 0 Å². The van der Waals surface area contributed by atoms with E-state index in [2.05, 4.69) is 58.9 Å². The van der Waals surface area contributed by atoms with Gasteiger partial charge in [0.05, 0.1) is 17.8 Å². The molecule has 1 saturated heterocycles. The molecule has 21 heavy (non-hydrogen) atoms. The van der Waals surface area contributed by atoms with Crippen molar-refractivity contribution in [1.29, 1.82) is 0 Å². The molecule has 110 valence electrons. The maximum absolute atomic E-state index is 5.52. The van der Waals surface area contributed by atoms with E-state index in [4.69, 9.17) is 12.2 Å². The summed E-state index contributed by atoms with van der Waals surface area (Å²) in [5.41, 5.74) is 3.54. The van der Waals surface area contributed by atoms with Crippen LogP contribution in [0.15, 0.2) is 36.5 Å². The second-order valence-corrected chi connectivity index (χ2v) is 5.76. The fourth-order valence-electron chi connectivity index (χ4n) is 3.00. The largest absolute Gasteiger partial charge is 0.352 e. The van der Waals surface area contributed by atoms with Gasteiger partial charge in [-0.15, -0.1) is 0 Å². The number of aromatic nitrogens is 2. The summed E-state index contributed by atoms with van der Waals surface area (Å²) in [6, 6.07) is 10.6. The van der Waals surface area contributed by atoms with Gasteiger partial charge >= 0.3 is 0 Å². The first-order valence-electron chi connectivity index (χ1n) is 7.23. The molecule has 2 aromatic heterocycles. The maximum atomic E-state index is 5.52. The van der Waals surface area contributed by atoms with Crippen molar-refractivity contribution < 1.29 is 0 Å². The molecule has 2 aromatic rings. The number of aryl methyl sites for hydroxylation is 1. The molecule has 4 nitrogen and oxygen atoms in total. The number of thiocarbonyl (C=S) groups is 1. The summed E-state index contributed by atoms with van der Waals surface area (Å²) in [4.78, 5) is 6.76. The Kier molecular flexibility index (Phi) is 3.68. The van der Waals surface area contributed by atoms with Gasteiger partial charge in [-0.3, -0.25) is 4.98 Å². The summed E-state index contributed by atoms with van der Waals surface area (Å²) in [6.07, 6.45) is 1.84. The highest BCUT2D eigenvalue weighted by atomic mass is 32.1. The number of hydrogen-bond donors (Lipinski definition) is 1. The van der Waals surface area contributed by atoms with Gasteiger partial charge in [0.1, 0.15) is 0 Å². The van der Waals surface area contributed by atoms with E-state index >= 15 is 0 Å². The third-order valence-electron chi connectivity index (χ3n) is 4.25. The quantitative estimate of drug-likeness (QED) is 0.884. The Labute approximate surface area is 130 Å². The number of nitrogens with one attached hydrogen (secondary N) is 1. The molecule has 5 heteroatoms.